The van der Waals surface area contributed by atoms with Gasteiger partial charge in [-0.15, -0.1) is 11.3 Å². The Hall–Kier alpha value is -2.40. The first-order valence-electron chi connectivity index (χ1n) is 7.55. The van der Waals surface area contributed by atoms with Crippen molar-refractivity contribution in [1.82, 2.24) is 9.97 Å². The first-order valence-corrected chi connectivity index (χ1v) is 8.43. The van der Waals surface area contributed by atoms with Crippen LogP contribution in [0.25, 0.3) is 11.3 Å². The number of rotatable bonds is 4. The zero-order valence-electron chi connectivity index (χ0n) is 13.4. The maximum Gasteiger partial charge on any atom is 0.272 e. The van der Waals surface area contributed by atoms with E-state index in [1.165, 1.54) is 5.56 Å². The summed E-state index contributed by atoms with van der Waals surface area (Å²) in [6.45, 7) is 6.23. The van der Waals surface area contributed by atoms with Crippen LogP contribution in [0.4, 0.5) is 5.69 Å². The molecule has 0 aliphatic heterocycles. The molecule has 23 heavy (non-hydrogen) atoms. The normalized spacial score (nSPS) is 11.0. The predicted octanol–water partition coefficient (Wildman–Crippen LogP) is 4.82. The molecule has 0 aliphatic carbocycles. The van der Waals surface area contributed by atoms with Crippen molar-refractivity contribution in [2.75, 3.05) is 5.32 Å². The van der Waals surface area contributed by atoms with Crippen LogP contribution in [-0.2, 0) is 0 Å². The minimum atomic E-state index is -0.149. The van der Waals surface area contributed by atoms with Crippen molar-refractivity contribution in [1.29, 1.82) is 0 Å². The summed E-state index contributed by atoms with van der Waals surface area (Å²) in [6, 6.07) is 9.77. The molecule has 0 saturated heterocycles. The SMILES string of the molecule is Cc1nc(-c2c[nH]c(C(=O)Nc3cccc(C(C)C)c3)c2)cs1. The molecule has 0 spiro atoms. The van der Waals surface area contributed by atoms with E-state index < -0.39 is 0 Å². The monoisotopic (exact) mass is 325 g/mol. The van der Waals surface area contributed by atoms with E-state index >= 15 is 0 Å². The highest BCUT2D eigenvalue weighted by Crippen LogP contribution is 2.23. The first-order chi connectivity index (χ1) is 11.0. The number of H-pyrrole nitrogens is 1. The van der Waals surface area contributed by atoms with Crippen LogP contribution in [0.2, 0.25) is 0 Å². The number of anilines is 1. The van der Waals surface area contributed by atoms with Gasteiger partial charge in [-0.1, -0.05) is 26.0 Å². The molecule has 0 bridgehead atoms. The standard InChI is InChI=1S/C18H19N3OS/c1-11(2)13-5-4-6-15(7-13)21-18(22)16-8-14(9-19-16)17-10-23-12(3)20-17/h4-11,19H,1-3H3,(H,21,22). The van der Waals surface area contributed by atoms with Gasteiger partial charge in [-0.2, -0.15) is 0 Å². The number of aromatic amines is 1. The zero-order chi connectivity index (χ0) is 16.4. The van der Waals surface area contributed by atoms with Crippen molar-refractivity contribution < 1.29 is 4.79 Å². The van der Waals surface area contributed by atoms with Crippen LogP contribution in [0, 0.1) is 6.92 Å². The van der Waals surface area contributed by atoms with Gasteiger partial charge in [0.1, 0.15) is 5.69 Å². The second-order valence-corrected chi connectivity index (χ2v) is 6.85. The van der Waals surface area contributed by atoms with E-state index in [9.17, 15) is 4.79 Å². The summed E-state index contributed by atoms with van der Waals surface area (Å²) in [5, 5.41) is 5.94. The molecular weight excluding hydrogens is 306 g/mol. The summed E-state index contributed by atoms with van der Waals surface area (Å²) in [6.07, 6.45) is 1.81. The Balaban J connectivity index is 1.76. The number of nitrogens with zero attached hydrogens (tertiary/aromatic N) is 1. The van der Waals surface area contributed by atoms with Gasteiger partial charge in [0.05, 0.1) is 10.7 Å². The third kappa shape index (κ3) is 3.51. The van der Waals surface area contributed by atoms with Crippen LogP contribution in [-0.4, -0.2) is 15.9 Å². The molecule has 5 heteroatoms. The quantitative estimate of drug-likeness (QED) is 0.722. The van der Waals surface area contributed by atoms with Gasteiger partial charge in [0, 0.05) is 22.8 Å². The Bertz CT molecular complexity index is 832. The Morgan fingerprint density at radius 1 is 1.30 bits per heavy atom. The molecule has 2 N–H and O–H groups in total. The highest BCUT2D eigenvalue weighted by atomic mass is 32.1. The van der Waals surface area contributed by atoms with Gasteiger partial charge in [0.15, 0.2) is 0 Å². The fourth-order valence-corrected chi connectivity index (χ4v) is 2.97. The highest BCUT2D eigenvalue weighted by Gasteiger charge is 2.12. The van der Waals surface area contributed by atoms with Crippen LogP contribution >= 0.6 is 11.3 Å². The molecule has 0 fully saturated rings. The number of benzene rings is 1. The third-order valence-electron chi connectivity index (χ3n) is 3.65. The number of amides is 1. The Kier molecular flexibility index (Phi) is 4.30. The van der Waals surface area contributed by atoms with Crippen LogP contribution < -0.4 is 5.32 Å². The molecule has 0 unspecified atom stereocenters. The smallest absolute Gasteiger partial charge is 0.272 e. The average molecular weight is 325 g/mol. The lowest BCUT2D eigenvalue weighted by Gasteiger charge is -2.08. The first kappa shape index (κ1) is 15.5. The minimum absolute atomic E-state index is 0.149. The number of thiazole rings is 1. The Morgan fingerprint density at radius 2 is 2.13 bits per heavy atom. The number of carbonyl (C=O) groups is 1. The highest BCUT2D eigenvalue weighted by molar-refractivity contribution is 7.09. The van der Waals surface area contributed by atoms with Crippen molar-refractivity contribution in [2.24, 2.45) is 0 Å². The van der Waals surface area contributed by atoms with Crippen LogP contribution in [0.3, 0.4) is 0 Å². The molecule has 0 aliphatic rings. The maximum atomic E-state index is 12.4. The van der Waals surface area contributed by atoms with Crippen molar-refractivity contribution in [3.63, 3.8) is 0 Å². The average Bonchev–Trinajstić information content (AvgIpc) is 3.16. The lowest BCUT2D eigenvalue weighted by molar-refractivity contribution is 0.102. The number of carbonyl (C=O) groups excluding carboxylic acids is 1. The zero-order valence-corrected chi connectivity index (χ0v) is 14.2. The van der Waals surface area contributed by atoms with Gasteiger partial charge >= 0.3 is 0 Å². The molecule has 3 rings (SSSR count). The molecule has 3 aromatic rings. The molecule has 0 saturated carbocycles. The van der Waals surface area contributed by atoms with E-state index in [2.05, 4.69) is 35.2 Å². The second kappa shape index (κ2) is 6.38. The van der Waals surface area contributed by atoms with Gasteiger partial charge in [0.2, 0.25) is 0 Å². The Morgan fingerprint density at radius 3 is 2.83 bits per heavy atom. The molecular formula is C18H19N3OS. The summed E-state index contributed by atoms with van der Waals surface area (Å²) in [4.78, 5) is 19.8. The number of aryl methyl sites for hydroxylation is 1. The second-order valence-electron chi connectivity index (χ2n) is 5.79. The summed E-state index contributed by atoms with van der Waals surface area (Å²) in [5.74, 6) is 0.279. The molecule has 2 heterocycles. The van der Waals surface area contributed by atoms with E-state index in [4.69, 9.17) is 0 Å². The van der Waals surface area contributed by atoms with E-state index in [-0.39, 0.29) is 5.91 Å². The molecule has 0 atom stereocenters. The molecule has 4 nitrogen and oxygen atoms in total. The number of nitrogens with one attached hydrogen (secondary N) is 2. The predicted molar refractivity (Wildman–Crippen MR) is 95.1 cm³/mol. The van der Waals surface area contributed by atoms with Gasteiger partial charge in [-0.25, -0.2) is 4.98 Å². The van der Waals surface area contributed by atoms with E-state index in [1.54, 1.807) is 11.3 Å². The fraction of sp³-hybridized carbons (Fsp3) is 0.222. The largest absolute Gasteiger partial charge is 0.357 e. The summed E-state index contributed by atoms with van der Waals surface area (Å²) < 4.78 is 0. The van der Waals surface area contributed by atoms with Gasteiger partial charge in [-0.3, -0.25) is 4.79 Å². The number of hydrogen-bond donors (Lipinski definition) is 2. The fourth-order valence-electron chi connectivity index (χ4n) is 2.34. The third-order valence-corrected chi connectivity index (χ3v) is 4.43. The lowest BCUT2D eigenvalue weighted by atomic mass is 10.0. The van der Waals surface area contributed by atoms with Gasteiger partial charge in [-0.05, 0) is 36.6 Å². The molecule has 2 aromatic heterocycles. The summed E-state index contributed by atoms with van der Waals surface area (Å²) in [5.41, 5.74) is 4.36. The van der Waals surface area contributed by atoms with E-state index in [0.717, 1.165) is 22.0 Å². The molecule has 118 valence electrons. The van der Waals surface area contributed by atoms with Crippen LogP contribution in [0.15, 0.2) is 41.9 Å². The van der Waals surface area contributed by atoms with Crippen molar-refractivity contribution in [2.45, 2.75) is 26.7 Å². The summed E-state index contributed by atoms with van der Waals surface area (Å²) >= 11 is 1.60. The molecule has 0 radical (unpaired) electrons. The van der Waals surface area contributed by atoms with Crippen LogP contribution in [0.5, 0.6) is 0 Å². The topological polar surface area (TPSA) is 57.8 Å². The summed E-state index contributed by atoms with van der Waals surface area (Å²) in [7, 11) is 0. The maximum absolute atomic E-state index is 12.4. The molecule has 1 amide bonds. The minimum Gasteiger partial charge on any atom is -0.357 e. The van der Waals surface area contributed by atoms with Crippen molar-refractivity contribution in [3.8, 4) is 11.3 Å². The lowest BCUT2D eigenvalue weighted by Crippen LogP contribution is -2.12. The number of aromatic nitrogens is 2. The van der Waals surface area contributed by atoms with Gasteiger partial charge < -0.3 is 10.3 Å². The van der Waals surface area contributed by atoms with Crippen molar-refractivity contribution >= 4 is 22.9 Å². The molecule has 1 aromatic carbocycles. The van der Waals surface area contributed by atoms with Crippen LogP contribution in [0.1, 0.15) is 40.8 Å². The van der Waals surface area contributed by atoms with Crippen molar-refractivity contribution in [3.05, 3.63) is 58.2 Å². The Labute approximate surface area is 139 Å². The van der Waals surface area contributed by atoms with E-state index in [0.29, 0.717) is 11.6 Å². The van der Waals surface area contributed by atoms with Gasteiger partial charge in [0.25, 0.3) is 5.91 Å². The van der Waals surface area contributed by atoms with E-state index in [1.807, 2.05) is 42.8 Å². The number of hydrogen-bond acceptors (Lipinski definition) is 3.